The van der Waals surface area contributed by atoms with Crippen LogP contribution in [0.5, 0.6) is 0 Å². The van der Waals surface area contributed by atoms with E-state index < -0.39 is 0 Å². The highest BCUT2D eigenvalue weighted by Crippen LogP contribution is 2.19. The Labute approximate surface area is 69.3 Å². The standard InChI is InChI=1S/C9H19NO/c1-7(9(2,3)4)10-8-5-11-6-8/h7-8,10H,5-6H2,1-4H3. The summed E-state index contributed by atoms with van der Waals surface area (Å²) in [5, 5.41) is 3.53. The second-order valence-electron chi connectivity index (χ2n) is 4.49. The number of hydrogen-bond acceptors (Lipinski definition) is 2. The van der Waals surface area contributed by atoms with Crippen LogP contribution < -0.4 is 5.32 Å². The van der Waals surface area contributed by atoms with E-state index in [-0.39, 0.29) is 0 Å². The first kappa shape index (κ1) is 9.01. The highest BCUT2D eigenvalue weighted by atomic mass is 16.5. The maximum Gasteiger partial charge on any atom is 0.0643 e. The lowest BCUT2D eigenvalue weighted by molar-refractivity contribution is -0.0150. The Morgan fingerprint density at radius 2 is 1.91 bits per heavy atom. The first-order valence-corrected chi connectivity index (χ1v) is 4.34. The molecule has 66 valence electrons. The van der Waals surface area contributed by atoms with Crippen LogP contribution in [0.15, 0.2) is 0 Å². The normalized spacial score (nSPS) is 22.9. The van der Waals surface area contributed by atoms with E-state index in [1.165, 1.54) is 0 Å². The number of rotatable bonds is 2. The molecule has 1 aliphatic heterocycles. The van der Waals surface area contributed by atoms with E-state index in [1.807, 2.05) is 0 Å². The Bertz CT molecular complexity index is 124. The van der Waals surface area contributed by atoms with Crippen molar-refractivity contribution in [3.05, 3.63) is 0 Å². The molecule has 0 aliphatic carbocycles. The third-order valence-electron chi connectivity index (χ3n) is 2.42. The highest BCUT2D eigenvalue weighted by molar-refractivity contribution is 4.82. The highest BCUT2D eigenvalue weighted by Gasteiger charge is 2.26. The van der Waals surface area contributed by atoms with Gasteiger partial charge in [0.2, 0.25) is 0 Å². The molecule has 0 spiro atoms. The van der Waals surface area contributed by atoms with Crippen LogP contribution in [0.25, 0.3) is 0 Å². The molecule has 0 aromatic heterocycles. The van der Waals surface area contributed by atoms with Gasteiger partial charge in [-0.25, -0.2) is 0 Å². The maximum absolute atomic E-state index is 5.09. The van der Waals surface area contributed by atoms with Crippen LogP contribution in [-0.4, -0.2) is 25.3 Å². The molecule has 1 heterocycles. The fourth-order valence-corrected chi connectivity index (χ4v) is 0.935. The number of hydrogen-bond donors (Lipinski definition) is 1. The molecule has 11 heavy (non-hydrogen) atoms. The van der Waals surface area contributed by atoms with Crippen molar-refractivity contribution in [2.24, 2.45) is 5.41 Å². The van der Waals surface area contributed by atoms with Crippen LogP contribution in [-0.2, 0) is 4.74 Å². The van der Waals surface area contributed by atoms with Gasteiger partial charge in [-0.2, -0.15) is 0 Å². The lowest BCUT2D eigenvalue weighted by Crippen LogP contribution is -2.52. The van der Waals surface area contributed by atoms with E-state index in [2.05, 4.69) is 33.0 Å². The lowest BCUT2D eigenvalue weighted by atomic mass is 9.87. The molecule has 0 aromatic carbocycles. The van der Waals surface area contributed by atoms with Crippen molar-refractivity contribution in [2.45, 2.75) is 39.8 Å². The average molecular weight is 157 g/mol. The van der Waals surface area contributed by atoms with Crippen LogP contribution in [0.4, 0.5) is 0 Å². The van der Waals surface area contributed by atoms with Crippen molar-refractivity contribution in [3.63, 3.8) is 0 Å². The molecular formula is C9H19NO. The molecule has 1 saturated heterocycles. The maximum atomic E-state index is 5.09. The average Bonchev–Trinajstić information content (AvgIpc) is 1.75. The molecule has 0 bridgehead atoms. The van der Waals surface area contributed by atoms with Crippen molar-refractivity contribution >= 4 is 0 Å². The lowest BCUT2D eigenvalue weighted by Gasteiger charge is -2.36. The van der Waals surface area contributed by atoms with Gasteiger partial charge in [-0.1, -0.05) is 20.8 Å². The molecule has 0 amide bonds. The Balaban J connectivity index is 2.24. The van der Waals surface area contributed by atoms with Gasteiger partial charge in [-0.15, -0.1) is 0 Å². The third kappa shape index (κ3) is 2.46. The first-order valence-electron chi connectivity index (χ1n) is 4.34. The first-order chi connectivity index (χ1) is 5.00. The summed E-state index contributed by atoms with van der Waals surface area (Å²) in [6.07, 6.45) is 0. The van der Waals surface area contributed by atoms with E-state index in [0.29, 0.717) is 17.5 Å². The van der Waals surface area contributed by atoms with Crippen molar-refractivity contribution in [1.29, 1.82) is 0 Å². The fourth-order valence-electron chi connectivity index (χ4n) is 0.935. The van der Waals surface area contributed by atoms with E-state index in [4.69, 9.17) is 4.74 Å². The molecule has 2 nitrogen and oxygen atoms in total. The molecule has 0 saturated carbocycles. The molecule has 2 heteroatoms. The van der Waals surface area contributed by atoms with E-state index in [0.717, 1.165) is 13.2 Å². The van der Waals surface area contributed by atoms with Crippen molar-refractivity contribution in [3.8, 4) is 0 Å². The van der Waals surface area contributed by atoms with Gasteiger partial charge in [0, 0.05) is 6.04 Å². The van der Waals surface area contributed by atoms with Crippen LogP contribution in [0.3, 0.4) is 0 Å². The van der Waals surface area contributed by atoms with Gasteiger partial charge in [-0.3, -0.25) is 0 Å². The summed E-state index contributed by atoms with van der Waals surface area (Å²) in [5.41, 5.74) is 0.357. The largest absolute Gasteiger partial charge is 0.378 e. The van der Waals surface area contributed by atoms with Crippen molar-refractivity contribution < 1.29 is 4.74 Å². The van der Waals surface area contributed by atoms with Gasteiger partial charge < -0.3 is 10.1 Å². The Morgan fingerprint density at radius 1 is 1.36 bits per heavy atom. The quantitative estimate of drug-likeness (QED) is 0.654. The van der Waals surface area contributed by atoms with Crippen LogP contribution in [0, 0.1) is 5.41 Å². The molecule has 0 aromatic rings. The minimum atomic E-state index is 0.357. The summed E-state index contributed by atoms with van der Waals surface area (Å²) in [5.74, 6) is 0. The minimum Gasteiger partial charge on any atom is -0.378 e. The predicted molar refractivity (Wildman–Crippen MR) is 46.7 cm³/mol. The SMILES string of the molecule is CC(NC1COC1)C(C)(C)C. The van der Waals surface area contributed by atoms with Gasteiger partial charge >= 0.3 is 0 Å². The zero-order valence-electron chi connectivity index (χ0n) is 7.98. The zero-order chi connectivity index (χ0) is 8.48. The summed E-state index contributed by atoms with van der Waals surface area (Å²) < 4.78 is 5.09. The summed E-state index contributed by atoms with van der Waals surface area (Å²) >= 11 is 0. The van der Waals surface area contributed by atoms with Crippen LogP contribution in [0.2, 0.25) is 0 Å². The molecule has 0 radical (unpaired) electrons. The van der Waals surface area contributed by atoms with E-state index in [1.54, 1.807) is 0 Å². The molecule has 1 aliphatic rings. The van der Waals surface area contributed by atoms with Crippen LogP contribution in [0.1, 0.15) is 27.7 Å². The second-order valence-corrected chi connectivity index (χ2v) is 4.49. The van der Waals surface area contributed by atoms with Crippen LogP contribution >= 0.6 is 0 Å². The number of ether oxygens (including phenoxy) is 1. The Hall–Kier alpha value is -0.0800. The monoisotopic (exact) mass is 157 g/mol. The number of nitrogens with one attached hydrogen (secondary N) is 1. The Morgan fingerprint density at radius 3 is 2.18 bits per heavy atom. The van der Waals surface area contributed by atoms with Crippen molar-refractivity contribution in [2.75, 3.05) is 13.2 Å². The predicted octanol–water partition coefficient (Wildman–Crippen LogP) is 1.41. The second kappa shape index (κ2) is 3.11. The minimum absolute atomic E-state index is 0.357. The molecule has 1 rings (SSSR count). The third-order valence-corrected chi connectivity index (χ3v) is 2.42. The zero-order valence-corrected chi connectivity index (χ0v) is 7.98. The topological polar surface area (TPSA) is 21.3 Å². The van der Waals surface area contributed by atoms with Gasteiger partial charge in [0.1, 0.15) is 0 Å². The van der Waals surface area contributed by atoms with Crippen molar-refractivity contribution in [1.82, 2.24) is 5.32 Å². The Kier molecular flexibility index (Phi) is 2.55. The summed E-state index contributed by atoms with van der Waals surface area (Å²) in [6, 6.07) is 1.17. The smallest absolute Gasteiger partial charge is 0.0643 e. The molecule has 1 unspecified atom stereocenters. The van der Waals surface area contributed by atoms with Gasteiger partial charge in [0.05, 0.1) is 19.3 Å². The van der Waals surface area contributed by atoms with Gasteiger partial charge in [0.25, 0.3) is 0 Å². The van der Waals surface area contributed by atoms with Gasteiger partial charge in [0.15, 0.2) is 0 Å². The fraction of sp³-hybridized carbons (Fsp3) is 1.00. The van der Waals surface area contributed by atoms with E-state index in [9.17, 15) is 0 Å². The van der Waals surface area contributed by atoms with Gasteiger partial charge in [-0.05, 0) is 12.3 Å². The van der Waals surface area contributed by atoms with E-state index >= 15 is 0 Å². The molecule has 1 fully saturated rings. The molecule has 1 N–H and O–H groups in total. The molecule has 1 atom stereocenters. The summed E-state index contributed by atoms with van der Waals surface area (Å²) in [4.78, 5) is 0. The summed E-state index contributed by atoms with van der Waals surface area (Å²) in [7, 11) is 0. The summed E-state index contributed by atoms with van der Waals surface area (Å²) in [6.45, 7) is 10.8. The molecular weight excluding hydrogens is 138 g/mol.